The first kappa shape index (κ1) is 14.9. The van der Waals surface area contributed by atoms with Crippen LogP contribution in [0.2, 0.25) is 0 Å². The molecule has 0 aromatic heterocycles. The molecule has 1 saturated heterocycles. The molecular formula is C15H13BrN2OS. The number of hydrogen-bond donors (Lipinski definition) is 1. The number of amides is 1. The number of nitrogens with one attached hydrogen (secondary N) is 1. The van der Waals surface area contributed by atoms with Gasteiger partial charge in [0.15, 0.2) is 0 Å². The summed E-state index contributed by atoms with van der Waals surface area (Å²) in [4.78, 5) is 12.1. The molecule has 3 nitrogen and oxygen atoms in total. The molecule has 2 unspecified atom stereocenters. The molecule has 1 heterocycles. The third-order valence-electron chi connectivity index (χ3n) is 3.58. The quantitative estimate of drug-likeness (QED) is 0.672. The second-order valence-electron chi connectivity index (χ2n) is 4.76. The highest BCUT2D eigenvalue weighted by atomic mass is 79.9. The van der Waals surface area contributed by atoms with Crippen molar-refractivity contribution in [1.82, 2.24) is 5.32 Å². The lowest BCUT2D eigenvalue weighted by Crippen LogP contribution is -2.51. The number of carbonyl (C=O) groups excluding carboxylic acids is 1. The summed E-state index contributed by atoms with van der Waals surface area (Å²) in [6, 6.07) is 9.96. The Hall–Kier alpha value is -1.51. The van der Waals surface area contributed by atoms with E-state index in [1.165, 1.54) is 0 Å². The van der Waals surface area contributed by atoms with Crippen LogP contribution < -0.4 is 5.32 Å². The molecule has 0 aliphatic carbocycles. The van der Waals surface area contributed by atoms with Crippen LogP contribution >= 0.6 is 28.1 Å². The molecule has 0 spiro atoms. The number of halogens is 1. The summed E-state index contributed by atoms with van der Waals surface area (Å²) in [6.07, 6.45) is 2.35. The van der Waals surface area contributed by atoms with Gasteiger partial charge in [-0.2, -0.15) is 5.26 Å². The first-order chi connectivity index (χ1) is 9.53. The lowest BCUT2D eigenvalue weighted by molar-refractivity contribution is -0.121. The number of nitriles is 1. The van der Waals surface area contributed by atoms with Gasteiger partial charge in [0.05, 0.1) is 6.07 Å². The molecule has 2 rings (SSSR count). The van der Waals surface area contributed by atoms with E-state index in [9.17, 15) is 10.1 Å². The number of hydrogen-bond acceptors (Lipinski definition) is 3. The maximum atomic E-state index is 11.8. The minimum Gasteiger partial charge on any atom is -0.319 e. The molecule has 20 heavy (non-hydrogen) atoms. The van der Waals surface area contributed by atoms with Crippen molar-refractivity contribution in [3.8, 4) is 6.07 Å². The number of nitrogens with zero attached hydrogens (tertiary/aromatic N) is 1. The van der Waals surface area contributed by atoms with Gasteiger partial charge in [-0.3, -0.25) is 4.79 Å². The van der Waals surface area contributed by atoms with Gasteiger partial charge in [0, 0.05) is 16.8 Å². The molecule has 1 aromatic rings. The Bertz CT molecular complexity index is 605. The molecule has 1 aliphatic heterocycles. The smallest absolute Gasteiger partial charge is 0.225 e. The predicted molar refractivity (Wildman–Crippen MR) is 85.1 cm³/mol. The van der Waals surface area contributed by atoms with Gasteiger partial charge in [-0.05, 0) is 24.1 Å². The summed E-state index contributed by atoms with van der Waals surface area (Å²) in [5.41, 5.74) is 0.0348. The van der Waals surface area contributed by atoms with Crippen molar-refractivity contribution in [2.45, 2.75) is 18.8 Å². The van der Waals surface area contributed by atoms with Crippen LogP contribution in [0.25, 0.3) is 0 Å². The molecule has 1 N–H and O–H groups in total. The van der Waals surface area contributed by atoms with E-state index in [-0.39, 0.29) is 18.2 Å². The average molecular weight is 349 g/mol. The summed E-state index contributed by atoms with van der Waals surface area (Å²) >= 11 is 8.66. The van der Waals surface area contributed by atoms with Crippen molar-refractivity contribution < 1.29 is 4.79 Å². The van der Waals surface area contributed by atoms with Crippen molar-refractivity contribution in [2.75, 3.05) is 0 Å². The second kappa shape index (κ2) is 5.86. The summed E-state index contributed by atoms with van der Waals surface area (Å²) in [5.74, 6) is -0.391. The van der Waals surface area contributed by atoms with Gasteiger partial charge >= 0.3 is 0 Å². The van der Waals surface area contributed by atoms with Crippen LogP contribution in [0, 0.1) is 16.7 Å². The highest BCUT2D eigenvalue weighted by Crippen LogP contribution is 2.44. The average Bonchev–Trinajstić information content (AvgIpc) is 2.42. The van der Waals surface area contributed by atoms with Gasteiger partial charge in [0.2, 0.25) is 5.91 Å². The zero-order valence-corrected chi connectivity index (χ0v) is 13.1. The molecule has 102 valence electrons. The minimum atomic E-state index is -0.904. The Morgan fingerprint density at radius 3 is 2.75 bits per heavy atom. The number of allylic oxidation sites excluding steroid dienone is 1. The largest absolute Gasteiger partial charge is 0.319 e. The van der Waals surface area contributed by atoms with Crippen LogP contribution in [0.5, 0.6) is 0 Å². The highest BCUT2D eigenvalue weighted by molar-refractivity contribution is 9.10. The summed E-state index contributed by atoms with van der Waals surface area (Å²) in [7, 11) is 0. The SMILES string of the molecule is C=CCC1(C#N)C(=S)NC(=O)CC1c1ccc(Br)cc1. The van der Waals surface area contributed by atoms with Crippen molar-refractivity contribution in [3.63, 3.8) is 0 Å². The maximum absolute atomic E-state index is 11.8. The summed E-state index contributed by atoms with van der Waals surface area (Å²) < 4.78 is 0.954. The molecule has 0 saturated carbocycles. The summed E-state index contributed by atoms with van der Waals surface area (Å²) in [5, 5.41) is 12.3. The molecule has 1 fully saturated rings. The monoisotopic (exact) mass is 348 g/mol. The normalized spacial score (nSPS) is 25.7. The Morgan fingerprint density at radius 2 is 2.20 bits per heavy atom. The van der Waals surface area contributed by atoms with Gasteiger partial charge in [-0.15, -0.1) is 6.58 Å². The van der Waals surface area contributed by atoms with E-state index in [1.807, 2.05) is 24.3 Å². The zero-order valence-electron chi connectivity index (χ0n) is 10.7. The van der Waals surface area contributed by atoms with Crippen LogP contribution in [0.1, 0.15) is 24.3 Å². The Balaban J connectivity index is 2.52. The van der Waals surface area contributed by atoms with Gasteiger partial charge in [0.25, 0.3) is 0 Å². The second-order valence-corrected chi connectivity index (χ2v) is 6.09. The van der Waals surface area contributed by atoms with E-state index in [4.69, 9.17) is 12.2 Å². The number of carbonyl (C=O) groups is 1. The standard InChI is InChI=1S/C15H13BrN2OS/c1-2-7-15(9-17)12(8-13(19)18-14(15)20)10-3-5-11(16)6-4-10/h2-6,12H,1,7-8H2,(H,18,19,20). The molecule has 2 atom stereocenters. The van der Waals surface area contributed by atoms with Crippen molar-refractivity contribution in [1.29, 1.82) is 5.26 Å². The van der Waals surface area contributed by atoms with Gasteiger partial charge < -0.3 is 5.32 Å². The van der Waals surface area contributed by atoms with Gasteiger partial charge in [-0.1, -0.05) is 46.4 Å². The van der Waals surface area contributed by atoms with Crippen molar-refractivity contribution in [2.24, 2.45) is 5.41 Å². The van der Waals surface area contributed by atoms with Crippen LogP contribution in [0.15, 0.2) is 41.4 Å². The van der Waals surface area contributed by atoms with E-state index >= 15 is 0 Å². The number of rotatable bonds is 3. The number of piperidine rings is 1. The molecule has 5 heteroatoms. The Morgan fingerprint density at radius 1 is 1.55 bits per heavy atom. The lowest BCUT2D eigenvalue weighted by atomic mass is 9.67. The highest BCUT2D eigenvalue weighted by Gasteiger charge is 2.47. The molecule has 1 aliphatic rings. The molecule has 0 radical (unpaired) electrons. The summed E-state index contributed by atoms with van der Waals surface area (Å²) in [6.45, 7) is 3.71. The van der Waals surface area contributed by atoms with Crippen LogP contribution in [0.4, 0.5) is 0 Å². The molecule has 0 bridgehead atoms. The van der Waals surface area contributed by atoms with Crippen molar-refractivity contribution >= 4 is 39.0 Å². The molecule has 1 amide bonds. The first-order valence-corrected chi connectivity index (χ1v) is 7.35. The maximum Gasteiger partial charge on any atom is 0.225 e. The topological polar surface area (TPSA) is 52.9 Å². The fraction of sp³-hybridized carbons (Fsp3) is 0.267. The van der Waals surface area contributed by atoms with E-state index in [1.54, 1.807) is 6.08 Å². The number of thiocarbonyl (C=S) groups is 1. The minimum absolute atomic E-state index is 0.141. The zero-order chi connectivity index (χ0) is 14.8. The fourth-order valence-electron chi connectivity index (χ4n) is 2.54. The third-order valence-corrected chi connectivity index (χ3v) is 4.58. The third kappa shape index (κ3) is 2.54. The predicted octanol–water partition coefficient (Wildman–Crippen LogP) is 3.47. The van der Waals surface area contributed by atoms with Crippen molar-refractivity contribution in [3.05, 3.63) is 47.0 Å². The van der Waals surface area contributed by atoms with Gasteiger partial charge in [-0.25, -0.2) is 0 Å². The van der Waals surface area contributed by atoms with E-state index in [0.717, 1.165) is 10.0 Å². The van der Waals surface area contributed by atoms with E-state index in [2.05, 4.69) is 33.9 Å². The molecule has 1 aromatic carbocycles. The van der Waals surface area contributed by atoms with E-state index in [0.29, 0.717) is 11.4 Å². The van der Waals surface area contributed by atoms with Gasteiger partial charge in [0.1, 0.15) is 10.4 Å². The lowest BCUT2D eigenvalue weighted by Gasteiger charge is -2.38. The fourth-order valence-corrected chi connectivity index (χ4v) is 3.19. The molecular weight excluding hydrogens is 336 g/mol. The first-order valence-electron chi connectivity index (χ1n) is 6.15. The van der Waals surface area contributed by atoms with Crippen LogP contribution in [-0.4, -0.2) is 10.9 Å². The Labute approximate surface area is 131 Å². The Kier molecular flexibility index (Phi) is 4.36. The van der Waals surface area contributed by atoms with Crippen LogP contribution in [-0.2, 0) is 4.79 Å². The van der Waals surface area contributed by atoms with Crippen LogP contribution in [0.3, 0.4) is 0 Å². The van der Waals surface area contributed by atoms with E-state index < -0.39 is 5.41 Å². The number of benzene rings is 1.